The van der Waals surface area contributed by atoms with Crippen molar-refractivity contribution < 1.29 is 9.47 Å². The zero-order valence-corrected chi connectivity index (χ0v) is 19.3. The van der Waals surface area contributed by atoms with E-state index in [0.717, 1.165) is 17.9 Å². The lowest BCUT2D eigenvalue weighted by molar-refractivity contribution is 0.143. The molecule has 0 radical (unpaired) electrons. The van der Waals surface area contributed by atoms with Crippen molar-refractivity contribution in [1.82, 2.24) is 15.6 Å². The van der Waals surface area contributed by atoms with Crippen molar-refractivity contribution in [3.05, 3.63) is 23.9 Å². The van der Waals surface area contributed by atoms with Crippen molar-refractivity contribution in [3.63, 3.8) is 0 Å². The summed E-state index contributed by atoms with van der Waals surface area (Å²) in [4.78, 5) is 8.58. The zero-order chi connectivity index (χ0) is 18.7. The second-order valence-electron chi connectivity index (χ2n) is 7.42. The molecule has 1 atom stereocenters. The summed E-state index contributed by atoms with van der Waals surface area (Å²) < 4.78 is 10.4. The number of hydrogen-bond donors (Lipinski definition) is 2. The predicted molar refractivity (Wildman–Crippen MR) is 119 cm³/mol. The molecule has 0 saturated carbocycles. The van der Waals surface area contributed by atoms with E-state index < -0.39 is 0 Å². The third-order valence-corrected chi connectivity index (χ3v) is 3.73. The molecule has 26 heavy (non-hydrogen) atoms. The molecule has 1 aromatic rings. The molecule has 0 fully saturated rings. The quantitative estimate of drug-likeness (QED) is 0.246. The Bertz CT molecular complexity index is 515. The number of aromatic nitrogens is 1. The van der Waals surface area contributed by atoms with Gasteiger partial charge in [-0.05, 0) is 30.7 Å². The van der Waals surface area contributed by atoms with Gasteiger partial charge in [-0.2, -0.15) is 0 Å². The van der Waals surface area contributed by atoms with Crippen molar-refractivity contribution in [2.24, 2.45) is 10.4 Å². The van der Waals surface area contributed by atoms with Crippen LogP contribution in [0, 0.1) is 5.41 Å². The van der Waals surface area contributed by atoms with E-state index in [-0.39, 0.29) is 24.0 Å². The molecule has 0 aliphatic carbocycles. The summed E-state index contributed by atoms with van der Waals surface area (Å²) in [6, 6.07) is 4.24. The SMILES string of the molecule is CN=C(NCc1ccc(OCCOC)nc1)NC(C)CCC(C)(C)C.I. The minimum Gasteiger partial charge on any atom is -0.475 e. The summed E-state index contributed by atoms with van der Waals surface area (Å²) in [5.41, 5.74) is 1.43. The molecule has 0 aromatic carbocycles. The average Bonchev–Trinajstić information content (AvgIpc) is 2.57. The fraction of sp³-hybridized carbons (Fsp3) is 0.684. The smallest absolute Gasteiger partial charge is 0.213 e. The topological polar surface area (TPSA) is 67.8 Å². The standard InChI is InChI=1S/C19H34N4O2.HI/c1-15(9-10-19(2,3)4)23-18(20-5)22-14-16-7-8-17(21-13-16)25-12-11-24-6;/h7-8,13,15H,9-12,14H2,1-6H3,(H2,20,22,23);1H. The van der Waals surface area contributed by atoms with Crippen LogP contribution in [-0.2, 0) is 11.3 Å². The van der Waals surface area contributed by atoms with E-state index in [9.17, 15) is 0 Å². The monoisotopic (exact) mass is 478 g/mol. The van der Waals surface area contributed by atoms with E-state index in [0.29, 0.717) is 37.1 Å². The summed E-state index contributed by atoms with van der Waals surface area (Å²) >= 11 is 0. The van der Waals surface area contributed by atoms with E-state index in [1.165, 1.54) is 6.42 Å². The maximum atomic E-state index is 5.46. The van der Waals surface area contributed by atoms with Crippen molar-refractivity contribution in [3.8, 4) is 5.88 Å². The van der Waals surface area contributed by atoms with E-state index in [2.05, 4.69) is 48.3 Å². The van der Waals surface area contributed by atoms with Crippen molar-refractivity contribution >= 4 is 29.9 Å². The first-order valence-corrected chi connectivity index (χ1v) is 8.88. The van der Waals surface area contributed by atoms with Crippen LogP contribution in [0.1, 0.15) is 46.1 Å². The zero-order valence-electron chi connectivity index (χ0n) is 17.0. The number of rotatable bonds is 9. The molecule has 1 unspecified atom stereocenters. The van der Waals surface area contributed by atoms with Crippen LogP contribution in [0.2, 0.25) is 0 Å². The molecule has 0 saturated heterocycles. The Kier molecular flexibility index (Phi) is 12.6. The number of aliphatic imine (C=N–C) groups is 1. The lowest BCUT2D eigenvalue weighted by atomic mass is 9.89. The van der Waals surface area contributed by atoms with Gasteiger partial charge < -0.3 is 20.1 Å². The molecule has 1 heterocycles. The largest absolute Gasteiger partial charge is 0.475 e. The first kappa shape index (κ1) is 24.9. The number of methoxy groups -OCH3 is 1. The molecule has 150 valence electrons. The highest BCUT2D eigenvalue weighted by Gasteiger charge is 2.13. The summed E-state index contributed by atoms with van der Waals surface area (Å²) in [6.07, 6.45) is 4.09. The molecule has 1 aromatic heterocycles. The van der Waals surface area contributed by atoms with Crippen LogP contribution in [0.3, 0.4) is 0 Å². The molecule has 0 spiro atoms. The van der Waals surface area contributed by atoms with Crippen LogP contribution in [-0.4, -0.2) is 44.4 Å². The Balaban J connectivity index is 0.00000625. The van der Waals surface area contributed by atoms with Gasteiger partial charge in [-0.15, -0.1) is 24.0 Å². The van der Waals surface area contributed by atoms with Gasteiger partial charge in [0.2, 0.25) is 5.88 Å². The minimum absolute atomic E-state index is 0. The minimum atomic E-state index is 0. The normalized spacial score (nSPS) is 12.9. The molecule has 0 amide bonds. The van der Waals surface area contributed by atoms with Gasteiger partial charge in [-0.25, -0.2) is 4.98 Å². The Morgan fingerprint density at radius 1 is 1.27 bits per heavy atom. The van der Waals surface area contributed by atoms with Crippen LogP contribution in [0.25, 0.3) is 0 Å². The molecular weight excluding hydrogens is 443 g/mol. The van der Waals surface area contributed by atoms with Crippen LogP contribution in [0.15, 0.2) is 23.3 Å². The fourth-order valence-corrected chi connectivity index (χ4v) is 2.17. The van der Waals surface area contributed by atoms with Crippen LogP contribution in [0.4, 0.5) is 0 Å². The fourth-order valence-electron chi connectivity index (χ4n) is 2.17. The molecule has 0 bridgehead atoms. The number of halogens is 1. The lowest BCUT2D eigenvalue weighted by Crippen LogP contribution is -2.42. The molecular formula is C19H35IN4O2. The highest BCUT2D eigenvalue weighted by Crippen LogP contribution is 2.21. The summed E-state index contributed by atoms with van der Waals surface area (Å²) in [6.45, 7) is 10.7. The third-order valence-electron chi connectivity index (χ3n) is 3.73. The van der Waals surface area contributed by atoms with Gasteiger partial charge in [0.25, 0.3) is 0 Å². The Morgan fingerprint density at radius 2 is 2.00 bits per heavy atom. The van der Waals surface area contributed by atoms with Crippen molar-refractivity contribution in [2.45, 2.75) is 53.1 Å². The number of guanidine groups is 1. The van der Waals surface area contributed by atoms with Gasteiger partial charge >= 0.3 is 0 Å². The maximum Gasteiger partial charge on any atom is 0.213 e. The van der Waals surface area contributed by atoms with Crippen molar-refractivity contribution in [1.29, 1.82) is 0 Å². The first-order valence-electron chi connectivity index (χ1n) is 8.88. The van der Waals surface area contributed by atoms with Crippen LogP contribution >= 0.6 is 24.0 Å². The van der Waals surface area contributed by atoms with Crippen molar-refractivity contribution in [2.75, 3.05) is 27.4 Å². The Labute approximate surface area is 175 Å². The number of nitrogens with zero attached hydrogens (tertiary/aromatic N) is 2. The lowest BCUT2D eigenvalue weighted by Gasteiger charge is -2.23. The summed E-state index contributed by atoms with van der Waals surface area (Å²) in [7, 11) is 3.44. The second-order valence-corrected chi connectivity index (χ2v) is 7.42. The van der Waals surface area contributed by atoms with Gasteiger partial charge in [0, 0.05) is 39.0 Å². The highest BCUT2D eigenvalue weighted by molar-refractivity contribution is 14.0. The van der Waals surface area contributed by atoms with Gasteiger partial charge in [0.05, 0.1) is 6.61 Å². The molecule has 6 nitrogen and oxygen atoms in total. The van der Waals surface area contributed by atoms with E-state index in [4.69, 9.17) is 9.47 Å². The average molecular weight is 478 g/mol. The number of nitrogens with one attached hydrogen (secondary N) is 2. The molecule has 2 N–H and O–H groups in total. The number of pyridine rings is 1. The number of ether oxygens (including phenoxy) is 2. The first-order chi connectivity index (χ1) is 11.8. The molecule has 0 aliphatic rings. The van der Waals surface area contributed by atoms with Gasteiger partial charge in [-0.3, -0.25) is 4.99 Å². The van der Waals surface area contributed by atoms with E-state index in [1.807, 2.05) is 18.3 Å². The molecule has 0 aliphatic heterocycles. The Morgan fingerprint density at radius 3 is 2.54 bits per heavy atom. The highest BCUT2D eigenvalue weighted by atomic mass is 127. The van der Waals surface area contributed by atoms with Gasteiger partial charge in [0.1, 0.15) is 6.61 Å². The molecule has 1 rings (SSSR count). The summed E-state index contributed by atoms with van der Waals surface area (Å²) in [5, 5.41) is 6.76. The van der Waals surface area contributed by atoms with Crippen LogP contribution in [0.5, 0.6) is 5.88 Å². The Hall–Kier alpha value is -1.09. The van der Waals surface area contributed by atoms with Gasteiger partial charge in [-0.1, -0.05) is 26.8 Å². The number of hydrogen-bond acceptors (Lipinski definition) is 4. The molecule has 7 heteroatoms. The summed E-state index contributed by atoms with van der Waals surface area (Å²) in [5.74, 6) is 1.42. The maximum absolute atomic E-state index is 5.46. The predicted octanol–water partition coefficient (Wildman–Crippen LogP) is 3.60. The van der Waals surface area contributed by atoms with E-state index >= 15 is 0 Å². The second kappa shape index (κ2) is 13.1. The van der Waals surface area contributed by atoms with Gasteiger partial charge in [0.15, 0.2) is 5.96 Å². The van der Waals surface area contributed by atoms with E-state index in [1.54, 1.807) is 14.2 Å². The van der Waals surface area contributed by atoms with Crippen LogP contribution < -0.4 is 15.4 Å². The third kappa shape index (κ3) is 11.5.